The Bertz CT molecular complexity index is 1370. The summed E-state index contributed by atoms with van der Waals surface area (Å²) in [6.45, 7) is 0. The van der Waals surface area contributed by atoms with E-state index in [2.05, 4.69) is 4.98 Å². The molecule has 8 heteroatoms. The molecule has 4 rings (SSSR count). The fourth-order valence-corrected chi connectivity index (χ4v) is 3.12. The number of alkyl halides is 3. The van der Waals surface area contributed by atoms with Crippen molar-refractivity contribution in [1.82, 2.24) is 9.55 Å². The molecule has 3 nitrogen and oxygen atoms in total. The van der Waals surface area contributed by atoms with E-state index in [0.717, 1.165) is 28.8 Å². The highest BCUT2D eigenvalue weighted by Gasteiger charge is 2.30. The lowest BCUT2D eigenvalue weighted by Gasteiger charge is -2.14. The zero-order chi connectivity index (χ0) is 22.2. The summed E-state index contributed by atoms with van der Waals surface area (Å²) >= 11 is 0. The van der Waals surface area contributed by atoms with Gasteiger partial charge in [-0.3, -0.25) is 9.36 Å². The molecule has 156 valence electrons. The number of hydrogen-bond donors (Lipinski definition) is 0. The van der Waals surface area contributed by atoms with Gasteiger partial charge in [0.05, 0.1) is 22.2 Å². The highest BCUT2D eigenvalue weighted by Crippen LogP contribution is 2.30. The van der Waals surface area contributed by atoms with Crippen molar-refractivity contribution < 1.29 is 22.0 Å². The molecule has 4 aromatic rings. The molecule has 0 spiro atoms. The molecule has 0 fully saturated rings. The van der Waals surface area contributed by atoms with E-state index in [1.165, 1.54) is 36.4 Å². The second-order valence-electron chi connectivity index (χ2n) is 6.68. The van der Waals surface area contributed by atoms with E-state index in [1.54, 1.807) is 18.2 Å². The topological polar surface area (TPSA) is 34.9 Å². The third kappa shape index (κ3) is 4.09. The zero-order valence-electron chi connectivity index (χ0n) is 15.7. The van der Waals surface area contributed by atoms with Crippen LogP contribution < -0.4 is 5.56 Å². The Morgan fingerprint density at radius 1 is 0.839 bits per heavy atom. The van der Waals surface area contributed by atoms with Gasteiger partial charge in [0.1, 0.15) is 5.82 Å². The molecule has 0 saturated carbocycles. The molecule has 0 N–H and O–H groups in total. The number of rotatable bonds is 3. The Hall–Kier alpha value is -3.81. The third-order valence-corrected chi connectivity index (χ3v) is 4.60. The second kappa shape index (κ2) is 7.79. The molecular weight excluding hydrogens is 415 g/mol. The van der Waals surface area contributed by atoms with E-state index in [9.17, 15) is 26.7 Å². The first kappa shape index (κ1) is 20.5. The molecule has 0 aliphatic carbocycles. The average molecular weight is 428 g/mol. The van der Waals surface area contributed by atoms with E-state index in [4.69, 9.17) is 0 Å². The Morgan fingerprint density at radius 2 is 1.61 bits per heavy atom. The van der Waals surface area contributed by atoms with Gasteiger partial charge in [-0.25, -0.2) is 13.8 Å². The van der Waals surface area contributed by atoms with Crippen LogP contribution in [0.4, 0.5) is 22.0 Å². The molecule has 1 heterocycles. The van der Waals surface area contributed by atoms with Gasteiger partial charge in [0.15, 0.2) is 11.6 Å². The van der Waals surface area contributed by atoms with Gasteiger partial charge in [0.25, 0.3) is 5.56 Å². The van der Waals surface area contributed by atoms with Crippen LogP contribution in [0.25, 0.3) is 28.7 Å². The van der Waals surface area contributed by atoms with Gasteiger partial charge in [0.2, 0.25) is 0 Å². The zero-order valence-corrected chi connectivity index (χ0v) is 15.7. The molecule has 31 heavy (non-hydrogen) atoms. The lowest BCUT2D eigenvalue weighted by molar-refractivity contribution is -0.137. The monoisotopic (exact) mass is 428 g/mol. The van der Waals surface area contributed by atoms with E-state index in [-0.39, 0.29) is 22.5 Å². The van der Waals surface area contributed by atoms with E-state index >= 15 is 0 Å². The number of aromatic nitrogens is 2. The fourth-order valence-electron chi connectivity index (χ4n) is 3.12. The third-order valence-electron chi connectivity index (χ3n) is 4.60. The minimum absolute atomic E-state index is 0.0250. The van der Waals surface area contributed by atoms with Crippen molar-refractivity contribution in [3.8, 4) is 5.69 Å². The van der Waals surface area contributed by atoms with Crippen molar-refractivity contribution in [1.29, 1.82) is 0 Å². The normalized spacial score (nSPS) is 12.0. The van der Waals surface area contributed by atoms with Crippen LogP contribution in [0.15, 0.2) is 71.5 Å². The molecule has 0 bridgehead atoms. The highest BCUT2D eigenvalue weighted by molar-refractivity contribution is 5.80. The molecule has 0 aliphatic heterocycles. The smallest absolute Gasteiger partial charge is 0.268 e. The van der Waals surface area contributed by atoms with E-state index in [1.807, 2.05) is 0 Å². The number of para-hydroxylation sites is 1. The number of benzene rings is 3. The summed E-state index contributed by atoms with van der Waals surface area (Å²) in [7, 11) is 0. The number of nitrogens with zero attached hydrogens (tertiary/aromatic N) is 2. The van der Waals surface area contributed by atoms with Crippen LogP contribution in [0.5, 0.6) is 0 Å². The number of halogens is 5. The highest BCUT2D eigenvalue weighted by atomic mass is 19.4. The number of hydrogen-bond acceptors (Lipinski definition) is 2. The summed E-state index contributed by atoms with van der Waals surface area (Å²) in [6.07, 6.45) is -1.84. The lowest BCUT2D eigenvalue weighted by Crippen LogP contribution is -2.22. The van der Waals surface area contributed by atoms with Gasteiger partial charge in [-0.1, -0.05) is 30.3 Å². The van der Waals surface area contributed by atoms with Crippen molar-refractivity contribution >= 4 is 23.1 Å². The largest absolute Gasteiger partial charge is 0.416 e. The molecule has 0 atom stereocenters. The van der Waals surface area contributed by atoms with Crippen molar-refractivity contribution in [2.24, 2.45) is 0 Å². The van der Waals surface area contributed by atoms with Gasteiger partial charge in [-0.05, 0) is 54.1 Å². The first-order valence-corrected chi connectivity index (χ1v) is 9.06. The minimum atomic E-state index is -4.59. The van der Waals surface area contributed by atoms with Crippen LogP contribution in [-0.2, 0) is 6.18 Å². The van der Waals surface area contributed by atoms with Crippen LogP contribution in [0, 0.1) is 11.6 Å². The molecular formula is C23H13F5N2O. The van der Waals surface area contributed by atoms with Crippen LogP contribution in [0.2, 0.25) is 0 Å². The first-order valence-electron chi connectivity index (χ1n) is 9.06. The Morgan fingerprint density at radius 3 is 2.35 bits per heavy atom. The summed E-state index contributed by atoms with van der Waals surface area (Å²) in [6, 6.07) is 14.0. The Labute approximate surface area is 172 Å². The van der Waals surface area contributed by atoms with E-state index in [0.29, 0.717) is 5.52 Å². The van der Waals surface area contributed by atoms with Crippen LogP contribution in [0.3, 0.4) is 0 Å². The Balaban J connectivity index is 1.93. The molecule has 0 unspecified atom stereocenters. The fraction of sp³-hybridized carbons (Fsp3) is 0.0435. The first-order chi connectivity index (χ1) is 14.7. The van der Waals surface area contributed by atoms with Crippen molar-refractivity contribution in [3.05, 3.63) is 106 Å². The molecule has 0 saturated heterocycles. The predicted octanol–water partition coefficient (Wildman–Crippen LogP) is 5.85. The van der Waals surface area contributed by atoms with Crippen molar-refractivity contribution in [2.75, 3.05) is 0 Å². The molecule has 0 aliphatic rings. The predicted molar refractivity (Wildman–Crippen MR) is 108 cm³/mol. The Kier molecular flexibility index (Phi) is 5.14. The van der Waals surface area contributed by atoms with Gasteiger partial charge < -0.3 is 0 Å². The lowest BCUT2D eigenvalue weighted by atomic mass is 10.1. The van der Waals surface area contributed by atoms with Gasteiger partial charge in [-0.15, -0.1) is 0 Å². The summed E-state index contributed by atoms with van der Waals surface area (Å²) in [5.41, 5.74) is -0.865. The van der Waals surface area contributed by atoms with Gasteiger partial charge >= 0.3 is 6.18 Å². The standard InChI is InChI=1S/C23H13F5N2O/c24-18-10-8-14(12-19(18)25)9-11-21-29-20-7-2-1-6-17(20)22(31)30(21)16-5-3-4-15(13-16)23(26,27)28/h1-13H/b11-9-. The van der Waals surface area contributed by atoms with Crippen molar-refractivity contribution in [3.63, 3.8) is 0 Å². The maximum atomic E-state index is 13.5. The van der Waals surface area contributed by atoms with Crippen LogP contribution in [0.1, 0.15) is 17.0 Å². The summed E-state index contributed by atoms with van der Waals surface area (Å²) in [5, 5.41) is 0.227. The summed E-state index contributed by atoms with van der Waals surface area (Å²) in [5.74, 6) is -2.03. The van der Waals surface area contributed by atoms with Gasteiger partial charge in [-0.2, -0.15) is 13.2 Å². The summed E-state index contributed by atoms with van der Waals surface area (Å²) in [4.78, 5) is 17.5. The number of fused-ring (bicyclic) bond motifs is 1. The molecule has 1 aromatic heterocycles. The molecule has 0 radical (unpaired) electrons. The van der Waals surface area contributed by atoms with Gasteiger partial charge in [0, 0.05) is 0 Å². The molecule has 0 amide bonds. The quantitative estimate of drug-likeness (QED) is 0.384. The van der Waals surface area contributed by atoms with Crippen LogP contribution >= 0.6 is 0 Å². The SMILES string of the molecule is O=c1c2ccccc2nc(/C=C\c2ccc(F)c(F)c2)n1-c1cccc(C(F)(F)F)c1. The van der Waals surface area contributed by atoms with E-state index < -0.39 is 28.9 Å². The van der Waals surface area contributed by atoms with Crippen LogP contribution in [-0.4, -0.2) is 9.55 Å². The maximum Gasteiger partial charge on any atom is 0.416 e. The minimum Gasteiger partial charge on any atom is -0.268 e. The van der Waals surface area contributed by atoms with Crippen molar-refractivity contribution in [2.45, 2.75) is 6.18 Å². The summed E-state index contributed by atoms with van der Waals surface area (Å²) < 4.78 is 67.3. The second-order valence-corrected chi connectivity index (χ2v) is 6.68. The molecule has 3 aromatic carbocycles. The average Bonchev–Trinajstić information content (AvgIpc) is 2.74. The maximum absolute atomic E-state index is 13.5.